The van der Waals surface area contributed by atoms with Gasteiger partial charge in [0.05, 0.1) is 11.3 Å². The Morgan fingerprint density at radius 1 is 0.969 bits per heavy atom. The van der Waals surface area contributed by atoms with Crippen molar-refractivity contribution in [1.29, 1.82) is 0 Å². The summed E-state index contributed by atoms with van der Waals surface area (Å²) < 4.78 is 0. The Hall–Kier alpha value is -4.39. The number of H-pyrrole nitrogens is 1. The normalized spacial score (nSPS) is 11.2. The monoisotopic (exact) mass is 427 g/mol. The van der Waals surface area contributed by atoms with Crippen LogP contribution in [0.15, 0.2) is 65.7 Å². The van der Waals surface area contributed by atoms with Gasteiger partial charge >= 0.3 is 0 Å². The van der Waals surface area contributed by atoms with E-state index < -0.39 is 0 Å². The first-order valence-electron chi connectivity index (χ1n) is 9.92. The van der Waals surface area contributed by atoms with Gasteiger partial charge in [0.25, 0.3) is 0 Å². The van der Waals surface area contributed by atoms with Gasteiger partial charge in [0.15, 0.2) is 11.7 Å². The molecule has 0 spiro atoms. The van der Waals surface area contributed by atoms with Crippen molar-refractivity contribution in [2.45, 2.75) is 13.8 Å². The van der Waals surface area contributed by atoms with Crippen molar-refractivity contribution in [2.24, 2.45) is 4.99 Å². The lowest BCUT2D eigenvalue weighted by atomic mass is 10.0. The maximum absolute atomic E-state index is 12.9. The number of aryl methyl sites for hydroxylation is 1. The molecule has 0 radical (unpaired) electrons. The van der Waals surface area contributed by atoms with Crippen LogP contribution in [0, 0.1) is 6.92 Å². The smallest absolute Gasteiger partial charge is 0.221 e. The van der Waals surface area contributed by atoms with Crippen molar-refractivity contribution in [1.82, 2.24) is 4.98 Å². The van der Waals surface area contributed by atoms with Crippen molar-refractivity contribution in [3.05, 3.63) is 82.9 Å². The predicted molar refractivity (Wildman–Crippen MR) is 124 cm³/mol. The van der Waals surface area contributed by atoms with E-state index in [4.69, 9.17) is 0 Å². The second kappa shape index (κ2) is 8.39. The highest BCUT2D eigenvalue weighted by molar-refractivity contribution is 6.12. The van der Waals surface area contributed by atoms with Crippen LogP contribution in [0.4, 0.5) is 11.4 Å². The first kappa shape index (κ1) is 20.9. The molecule has 0 saturated carbocycles. The average Bonchev–Trinajstić information content (AvgIpc) is 3.08. The third-order valence-corrected chi connectivity index (χ3v) is 5.08. The number of aromatic hydroxyl groups is 2. The fourth-order valence-electron chi connectivity index (χ4n) is 3.37. The van der Waals surface area contributed by atoms with Crippen LogP contribution in [0.3, 0.4) is 0 Å². The van der Waals surface area contributed by atoms with Crippen LogP contribution in [0.25, 0.3) is 10.9 Å². The SMILES string of the molecule is CC(=O)Nc1ccc(C(=O)c2ccc3c(C=Nc4ccc(C)c(O)c4)c(O)[nH]c3c2)cc1. The van der Waals surface area contributed by atoms with Gasteiger partial charge < -0.3 is 20.5 Å². The van der Waals surface area contributed by atoms with E-state index in [-0.39, 0.29) is 23.3 Å². The molecule has 0 saturated heterocycles. The van der Waals surface area contributed by atoms with Gasteiger partial charge in [-0.25, -0.2) is 0 Å². The molecule has 4 aromatic rings. The highest BCUT2D eigenvalue weighted by atomic mass is 16.3. The Morgan fingerprint density at radius 2 is 1.69 bits per heavy atom. The molecule has 1 aromatic heterocycles. The number of amides is 1. The lowest BCUT2D eigenvalue weighted by Crippen LogP contribution is -2.06. The van der Waals surface area contributed by atoms with Crippen LogP contribution < -0.4 is 5.32 Å². The van der Waals surface area contributed by atoms with Gasteiger partial charge in [-0.15, -0.1) is 0 Å². The molecule has 7 nitrogen and oxygen atoms in total. The number of ketones is 1. The van der Waals surface area contributed by atoms with Crippen LogP contribution in [0.5, 0.6) is 11.6 Å². The van der Waals surface area contributed by atoms with Crippen LogP contribution in [-0.2, 0) is 4.79 Å². The number of nitrogens with zero attached hydrogens (tertiary/aromatic N) is 1. The number of aromatic amines is 1. The van der Waals surface area contributed by atoms with Crippen molar-refractivity contribution >= 4 is 40.2 Å². The number of carbonyl (C=O) groups is 2. The molecule has 4 N–H and O–H groups in total. The molecule has 7 heteroatoms. The predicted octanol–water partition coefficient (Wildman–Crippen LogP) is 4.83. The van der Waals surface area contributed by atoms with Crippen LogP contribution in [0.1, 0.15) is 34.0 Å². The number of phenolic OH excluding ortho intramolecular Hbond substituents is 1. The molecular weight excluding hydrogens is 406 g/mol. The van der Waals surface area contributed by atoms with E-state index in [1.807, 2.05) is 0 Å². The number of phenols is 1. The lowest BCUT2D eigenvalue weighted by molar-refractivity contribution is -0.114. The van der Waals surface area contributed by atoms with Crippen LogP contribution in [0.2, 0.25) is 0 Å². The number of anilines is 1. The highest BCUT2D eigenvalue weighted by Crippen LogP contribution is 2.29. The van der Waals surface area contributed by atoms with Crippen molar-refractivity contribution in [3.63, 3.8) is 0 Å². The van der Waals surface area contributed by atoms with E-state index >= 15 is 0 Å². The van der Waals surface area contributed by atoms with Gasteiger partial charge in [-0.05, 0) is 48.9 Å². The molecule has 0 unspecified atom stereocenters. The Bertz CT molecular complexity index is 1370. The van der Waals surface area contributed by atoms with Gasteiger partial charge in [0, 0.05) is 46.9 Å². The quantitative estimate of drug-likeness (QED) is 0.270. The number of aliphatic imine (C=N–C) groups is 1. The molecule has 0 aliphatic rings. The van der Waals surface area contributed by atoms with E-state index in [1.54, 1.807) is 67.6 Å². The van der Waals surface area contributed by atoms with Crippen LogP contribution in [-0.4, -0.2) is 33.1 Å². The van der Waals surface area contributed by atoms with E-state index in [2.05, 4.69) is 15.3 Å². The summed E-state index contributed by atoms with van der Waals surface area (Å²) >= 11 is 0. The molecule has 0 fully saturated rings. The van der Waals surface area contributed by atoms with E-state index in [1.165, 1.54) is 13.1 Å². The molecule has 32 heavy (non-hydrogen) atoms. The summed E-state index contributed by atoms with van der Waals surface area (Å²) in [6, 6.07) is 16.8. The van der Waals surface area contributed by atoms with E-state index in [9.17, 15) is 19.8 Å². The number of fused-ring (bicyclic) bond motifs is 1. The number of hydrogen-bond acceptors (Lipinski definition) is 5. The fourth-order valence-corrected chi connectivity index (χ4v) is 3.37. The number of aromatic nitrogens is 1. The highest BCUT2D eigenvalue weighted by Gasteiger charge is 2.14. The summed E-state index contributed by atoms with van der Waals surface area (Å²) in [5.41, 5.74) is 3.94. The van der Waals surface area contributed by atoms with Gasteiger partial charge in [-0.2, -0.15) is 0 Å². The number of carbonyl (C=O) groups excluding carboxylic acids is 2. The summed E-state index contributed by atoms with van der Waals surface area (Å²) in [6.45, 7) is 3.22. The minimum Gasteiger partial charge on any atom is -0.508 e. The molecule has 1 amide bonds. The standard InChI is InChI=1S/C25H21N3O4/c1-14-3-7-19(12-23(14)30)26-13-21-20-10-6-17(11-22(20)28-25(21)32)24(31)16-4-8-18(9-5-16)27-15(2)29/h3-13,28,30,32H,1-2H3,(H,27,29). The summed E-state index contributed by atoms with van der Waals surface area (Å²) in [5, 5.41) is 23.6. The van der Waals surface area contributed by atoms with Crippen LogP contribution >= 0.6 is 0 Å². The summed E-state index contributed by atoms with van der Waals surface area (Å²) in [7, 11) is 0. The topological polar surface area (TPSA) is 115 Å². The second-order valence-corrected chi connectivity index (χ2v) is 7.46. The van der Waals surface area contributed by atoms with Gasteiger partial charge in [-0.3, -0.25) is 14.6 Å². The zero-order valence-electron chi connectivity index (χ0n) is 17.5. The van der Waals surface area contributed by atoms with Gasteiger partial charge in [-0.1, -0.05) is 18.2 Å². The van der Waals surface area contributed by atoms with Gasteiger partial charge in [0.1, 0.15) is 5.75 Å². The number of benzene rings is 3. The molecular formula is C25H21N3O4. The Morgan fingerprint density at radius 3 is 2.38 bits per heavy atom. The molecule has 0 atom stereocenters. The molecule has 3 aromatic carbocycles. The summed E-state index contributed by atoms with van der Waals surface area (Å²) in [4.78, 5) is 31.2. The summed E-state index contributed by atoms with van der Waals surface area (Å²) in [6.07, 6.45) is 1.51. The first-order valence-corrected chi connectivity index (χ1v) is 9.92. The number of nitrogens with one attached hydrogen (secondary N) is 2. The minimum absolute atomic E-state index is 0.0654. The zero-order chi connectivity index (χ0) is 22.8. The first-order chi connectivity index (χ1) is 15.3. The molecule has 0 aliphatic carbocycles. The van der Waals surface area contributed by atoms with Crippen molar-refractivity contribution in [3.8, 4) is 11.6 Å². The second-order valence-electron chi connectivity index (χ2n) is 7.46. The summed E-state index contributed by atoms with van der Waals surface area (Å²) in [5.74, 6) is -0.277. The Labute approximate surface area is 184 Å². The Kier molecular flexibility index (Phi) is 5.47. The molecule has 4 rings (SSSR count). The van der Waals surface area contributed by atoms with Gasteiger partial charge in [0.2, 0.25) is 5.91 Å². The largest absolute Gasteiger partial charge is 0.508 e. The molecule has 1 heterocycles. The van der Waals surface area contributed by atoms with E-state index in [0.29, 0.717) is 39.0 Å². The maximum atomic E-state index is 12.9. The molecule has 0 aliphatic heterocycles. The maximum Gasteiger partial charge on any atom is 0.221 e. The number of rotatable bonds is 5. The lowest BCUT2D eigenvalue weighted by Gasteiger charge is -2.05. The number of hydrogen-bond donors (Lipinski definition) is 4. The van der Waals surface area contributed by atoms with E-state index in [0.717, 1.165) is 5.56 Å². The minimum atomic E-state index is -0.181. The molecule has 160 valence electrons. The molecule has 0 bridgehead atoms. The van der Waals surface area contributed by atoms with Crippen molar-refractivity contribution < 1.29 is 19.8 Å². The van der Waals surface area contributed by atoms with Crippen molar-refractivity contribution in [2.75, 3.05) is 5.32 Å². The third kappa shape index (κ3) is 4.22. The zero-order valence-corrected chi connectivity index (χ0v) is 17.5. The third-order valence-electron chi connectivity index (χ3n) is 5.08. The Balaban J connectivity index is 1.61. The average molecular weight is 427 g/mol. The fraction of sp³-hybridized carbons (Fsp3) is 0.0800.